The predicted octanol–water partition coefficient (Wildman–Crippen LogP) is 1.77. The number of amides is 2. The Hall–Kier alpha value is -4.98. The lowest BCUT2D eigenvalue weighted by Crippen LogP contribution is -2.45. The number of carbonyl (C=O) groups excluding carboxylic acids is 3. The van der Waals surface area contributed by atoms with Crippen LogP contribution < -0.4 is 35.0 Å². The van der Waals surface area contributed by atoms with Gasteiger partial charge in [0.1, 0.15) is 6.61 Å². The molecule has 1 aliphatic rings. The van der Waals surface area contributed by atoms with Gasteiger partial charge in [-0.3, -0.25) is 5.43 Å². The molecule has 4 N–H and O–H groups in total. The molecule has 2 aromatic carbocycles. The first-order chi connectivity index (χ1) is 20.2. The van der Waals surface area contributed by atoms with E-state index in [9.17, 15) is 19.5 Å². The number of hydrogen-bond acceptors (Lipinski definition) is 12. The van der Waals surface area contributed by atoms with Gasteiger partial charge < -0.3 is 44.2 Å². The number of aliphatic hydroxyl groups excluding tert-OH is 1. The molecule has 1 aliphatic heterocycles. The number of esters is 2. The number of hydrazone groups is 1. The van der Waals surface area contributed by atoms with Crippen LogP contribution in [-0.2, 0) is 19.1 Å². The zero-order chi connectivity index (χ0) is 30.6. The van der Waals surface area contributed by atoms with Crippen LogP contribution in [0.4, 0.5) is 4.79 Å². The molecule has 226 valence electrons. The fourth-order valence-electron chi connectivity index (χ4n) is 3.90. The van der Waals surface area contributed by atoms with E-state index in [1.807, 2.05) is 0 Å². The Morgan fingerprint density at radius 3 is 2.45 bits per heavy atom. The third-order valence-corrected chi connectivity index (χ3v) is 5.87. The molecule has 2 amide bonds. The smallest absolute Gasteiger partial charge is 0.343 e. The van der Waals surface area contributed by atoms with Crippen LogP contribution in [0, 0.1) is 0 Å². The van der Waals surface area contributed by atoms with Gasteiger partial charge in [0.15, 0.2) is 35.8 Å². The molecule has 2 atom stereocenters. The van der Waals surface area contributed by atoms with Crippen molar-refractivity contribution in [2.45, 2.75) is 26.1 Å². The van der Waals surface area contributed by atoms with Gasteiger partial charge in [-0.15, -0.1) is 0 Å². The van der Waals surface area contributed by atoms with Crippen LogP contribution >= 0.6 is 0 Å². The summed E-state index contributed by atoms with van der Waals surface area (Å²) in [5.41, 5.74) is 4.40. The molecule has 14 heteroatoms. The quantitative estimate of drug-likeness (QED) is 0.110. The third kappa shape index (κ3) is 8.27. The van der Waals surface area contributed by atoms with Gasteiger partial charge in [-0.1, -0.05) is 6.07 Å². The van der Waals surface area contributed by atoms with Crippen molar-refractivity contribution in [1.29, 1.82) is 0 Å². The van der Waals surface area contributed by atoms with E-state index in [1.165, 1.54) is 27.5 Å². The summed E-state index contributed by atoms with van der Waals surface area (Å²) in [7, 11) is 3.99. The second-order valence-corrected chi connectivity index (χ2v) is 8.69. The monoisotopic (exact) mass is 586 g/mol. The van der Waals surface area contributed by atoms with Crippen LogP contribution in [0.15, 0.2) is 52.8 Å². The van der Waals surface area contributed by atoms with E-state index in [2.05, 4.69) is 25.9 Å². The molecule has 3 rings (SSSR count). The highest BCUT2D eigenvalue weighted by molar-refractivity contribution is 5.95. The number of ether oxygens (including phenoxy) is 6. The van der Waals surface area contributed by atoms with Crippen molar-refractivity contribution >= 4 is 24.2 Å². The number of nitrogens with one attached hydrogen (secondary N) is 3. The van der Waals surface area contributed by atoms with Crippen molar-refractivity contribution in [3.8, 4) is 23.0 Å². The maximum atomic E-state index is 12.4. The van der Waals surface area contributed by atoms with Crippen LogP contribution in [0.3, 0.4) is 0 Å². The summed E-state index contributed by atoms with van der Waals surface area (Å²) in [6.45, 7) is 3.28. The first-order valence-electron chi connectivity index (χ1n) is 12.8. The topological polar surface area (TPSA) is 175 Å². The van der Waals surface area contributed by atoms with Gasteiger partial charge >= 0.3 is 18.0 Å². The molecule has 0 bridgehead atoms. The summed E-state index contributed by atoms with van der Waals surface area (Å²) < 4.78 is 31.6. The number of nitrogens with zero attached hydrogens (tertiary/aromatic N) is 1. The highest BCUT2D eigenvalue weighted by atomic mass is 16.6. The number of carbonyl (C=O) groups is 3. The molecule has 0 fully saturated rings. The van der Waals surface area contributed by atoms with E-state index in [1.54, 1.807) is 50.2 Å². The summed E-state index contributed by atoms with van der Waals surface area (Å²) in [6, 6.07) is 8.65. The molecular formula is C28H34N4O10. The molecule has 0 aliphatic carbocycles. The van der Waals surface area contributed by atoms with Gasteiger partial charge in [-0.25, -0.2) is 14.4 Å². The average Bonchev–Trinajstić information content (AvgIpc) is 2.98. The van der Waals surface area contributed by atoms with E-state index >= 15 is 0 Å². The maximum absolute atomic E-state index is 12.4. The zero-order valence-corrected chi connectivity index (χ0v) is 23.9. The number of urea groups is 1. The Balaban J connectivity index is 1.65. The van der Waals surface area contributed by atoms with Crippen LogP contribution in [0.1, 0.15) is 31.0 Å². The Labute approximate surface area is 242 Å². The average molecular weight is 587 g/mol. The highest BCUT2D eigenvalue weighted by Crippen LogP contribution is 2.35. The minimum atomic E-state index is -1.18. The number of hydrogen-bond donors (Lipinski definition) is 4. The molecule has 0 saturated carbocycles. The Kier molecular flexibility index (Phi) is 11.4. The minimum absolute atomic E-state index is 0.184. The Morgan fingerprint density at radius 2 is 1.76 bits per heavy atom. The van der Waals surface area contributed by atoms with Crippen molar-refractivity contribution in [1.82, 2.24) is 16.1 Å². The molecule has 1 heterocycles. The summed E-state index contributed by atoms with van der Waals surface area (Å²) in [5, 5.41) is 19.7. The van der Waals surface area contributed by atoms with E-state index in [0.29, 0.717) is 46.4 Å². The van der Waals surface area contributed by atoms with Crippen molar-refractivity contribution in [3.63, 3.8) is 0 Å². The minimum Gasteiger partial charge on any atom is -0.493 e. The number of benzene rings is 2. The normalized spacial score (nSPS) is 15.3. The fourth-order valence-corrected chi connectivity index (χ4v) is 3.90. The highest BCUT2D eigenvalue weighted by Gasteiger charge is 2.32. The number of methoxy groups -OCH3 is 3. The first kappa shape index (κ1) is 31.5. The molecule has 0 aromatic heterocycles. The summed E-state index contributed by atoms with van der Waals surface area (Å²) >= 11 is 0. The van der Waals surface area contributed by atoms with Crippen molar-refractivity contribution < 1.29 is 47.9 Å². The van der Waals surface area contributed by atoms with Gasteiger partial charge in [0.05, 0.1) is 45.8 Å². The molecule has 0 radical (unpaired) electrons. The first-order valence-corrected chi connectivity index (χ1v) is 12.8. The van der Waals surface area contributed by atoms with Crippen molar-refractivity contribution in [2.75, 3.05) is 41.2 Å². The van der Waals surface area contributed by atoms with Gasteiger partial charge in [-0.2, -0.15) is 5.10 Å². The van der Waals surface area contributed by atoms with Crippen LogP contribution in [-0.4, -0.2) is 76.7 Å². The molecule has 0 spiro atoms. The lowest BCUT2D eigenvalue weighted by atomic mass is 9.95. The summed E-state index contributed by atoms with van der Waals surface area (Å²) in [5.74, 6) is 0.307. The van der Waals surface area contributed by atoms with Gasteiger partial charge in [0.2, 0.25) is 0 Å². The van der Waals surface area contributed by atoms with Crippen LogP contribution in [0.5, 0.6) is 23.0 Å². The van der Waals surface area contributed by atoms with Gasteiger partial charge in [-0.05, 0) is 55.3 Å². The molecule has 14 nitrogen and oxygen atoms in total. The largest absolute Gasteiger partial charge is 0.493 e. The molecule has 42 heavy (non-hydrogen) atoms. The predicted molar refractivity (Wildman–Crippen MR) is 149 cm³/mol. The van der Waals surface area contributed by atoms with Crippen LogP contribution in [0.2, 0.25) is 0 Å². The zero-order valence-electron chi connectivity index (χ0n) is 23.9. The second-order valence-electron chi connectivity index (χ2n) is 8.69. The number of rotatable bonds is 14. The summed E-state index contributed by atoms with van der Waals surface area (Å²) in [6.07, 6.45) is 0.276. The summed E-state index contributed by atoms with van der Waals surface area (Å²) in [4.78, 5) is 35.8. The molecular weight excluding hydrogens is 552 g/mol. The van der Waals surface area contributed by atoms with Crippen molar-refractivity contribution in [3.05, 3.63) is 58.8 Å². The van der Waals surface area contributed by atoms with E-state index in [4.69, 9.17) is 23.7 Å². The van der Waals surface area contributed by atoms with Gasteiger partial charge in [0.25, 0.3) is 0 Å². The standard InChI is InChI=1S/C28H34N4O10/c1-6-40-22-12-18(26-25(27(35)39-5)16(2)30-28(36)31-26)8-10-20(22)41-14-23(33)32-29-13-17-7-9-19(21(11-17)37-3)42-15-24(34)38-4/h7-13,23,26,32-33H,6,14-15H2,1-5H3,(H2,30,31,36)/b29-13-/t23-,26-/m0/s1. The van der Waals surface area contributed by atoms with E-state index < -0.39 is 30.2 Å². The molecule has 0 unspecified atom stereocenters. The maximum Gasteiger partial charge on any atom is 0.343 e. The lowest BCUT2D eigenvalue weighted by Gasteiger charge is -2.28. The Morgan fingerprint density at radius 1 is 1.02 bits per heavy atom. The fraction of sp³-hybridized carbons (Fsp3) is 0.357. The molecule has 0 saturated heterocycles. The number of aliphatic hydroxyl groups is 1. The second kappa shape index (κ2) is 15.1. The van der Waals surface area contributed by atoms with Gasteiger partial charge in [0, 0.05) is 5.70 Å². The van der Waals surface area contributed by atoms with Crippen molar-refractivity contribution in [2.24, 2.45) is 5.10 Å². The number of allylic oxidation sites excluding steroid dienone is 1. The van der Waals surface area contributed by atoms with Crippen LogP contribution in [0.25, 0.3) is 0 Å². The molecule has 2 aromatic rings. The third-order valence-electron chi connectivity index (χ3n) is 5.87. The van der Waals surface area contributed by atoms with E-state index in [0.717, 1.165) is 0 Å². The van der Waals surface area contributed by atoms with E-state index in [-0.39, 0.29) is 18.8 Å². The Bertz CT molecular complexity index is 1340. The SMILES string of the molecule is CCOc1cc([C@@H]2NC(=O)NC(C)=C2C(=O)OC)ccc1OC[C@H](O)N/N=C\c1ccc(OCC(=O)OC)c(OC)c1. The lowest BCUT2D eigenvalue weighted by molar-refractivity contribution is -0.143.